The van der Waals surface area contributed by atoms with E-state index in [1.807, 2.05) is 12.1 Å². The molecule has 1 aliphatic rings. The first-order chi connectivity index (χ1) is 18.7. The molecule has 0 spiro atoms. The highest BCUT2D eigenvalue weighted by Gasteiger charge is 2.16. The molecule has 1 aliphatic heterocycles. The number of piperidine rings is 1. The quantitative estimate of drug-likeness (QED) is 0.246. The Morgan fingerprint density at radius 1 is 1.13 bits per heavy atom. The predicted molar refractivity (Wildman–Crippen MR) is 157 cm³/mol. The summed E-state index contributed by atoms with van der Waals surface area (Å²) in [6.45, 7) is 8.66. The van der Waals surface area contributed by atoms with E-state index in [0.29, 0.717) is 52.9 Å². The van der Waals surface area contributed by atoms with Gasteiger partial charge >= 0.3 is 6.03 Å². The number of pyridine rings is 1. The maximum absolute atomic E-state index is 12.3. The first kappa shape index (κ1) is 28.8. The van der Waals surface area contributed by atoms with E-state index in [4.69, 9.17) is 25.8 Å². The smallest absolute Gasteiger partial charge is 0.319 e. The number of carbonyl (C=O) groups excluding carboxylic acids is 1. The first-order valence-corrected chi connectivity index (χ1v) is 13.9. The van der Waals surface area contributed by atoms with Gasteiger partial charge in [0.1, 0.15) is 11.5 Å². The molecule has 0 radical (unpaired) electrons. The van der Waals surface area contributed by atoms with Crippen LogP contribution in [0.15, 0.2) is 42.6 Å². The van der Waals surface area contributed by atoms with Crippen molar-refractivity contribution in [2.24, 2.45) is 5.41 Å². The van der Waals surface area contributed by atoms with Crippen molar-refractivity contribution in [2.75, 3.05) is 32.1 Å². The molecule has 210 valence electrons. The maximum atomic E-state index is 12.3. The molecule has 2 heterocycles. The number of halogens is 1. The van der Waals surface area contributed by atoms with Crippen LogP contribution in [0.1, 0.15) is 52.9 Å². The number of fused-ring (bicyclic) bond motifs is 1. The summed E-state index contributed by atoms with van der Waals surface area (Å²) in [4.78, 5) is 16.8. The molecule has 1 fully saturated rings. The minimum absolute atomic E-state index is 0.145. The highest BCUT2D eigenvalue weighted by atomic mass is 35.5. The lowest BCUT2D eigenvalue weighted by atomic mass is 9.92. The number of ether oxygens (including phenoxy) is 3. The summed E-state index contributed by atoms with van der Waals surface area (Å²) in [5.74, 6) is 2.41. The fourth-order valence-corrected chi connectivity index (χ4v) is 4.69. The van der Waals surface area contributed by atoms with Crippen LogP contribution in [0.25, 0.3) is 10.9 Å². The van der Waals surface area contributed by atoms with Crippen molar-refractivity contribution in [3.63, 3.8) is 0 Å². The van der Waals surface area contributed by atoms with Crippen LogP contribution in [0.4, 0.5) is 10.5 Å². The Kier molecular flexibility index (Phi) is 9.75. The standard InChI is InChI=1S/C30H39ClN4O4/c1-30(2,3)12-15-34-29(36)35-24-9-8-21(17-23(24)31)39-26-10-14-33-25-19-28(27(37-4)18-22(25)26)38-16-11-20-7-5-6-13-32-20/h8-10,14,17-20,32H,5-7,11-13,15-16H2,1-4H3,(H2,34,35,36). The third-order valence-corrected chi connectivity index (χ3v) is 7.01. The van der Waals surface area contributed by atoms with E-state index in [1.54, 1.807) is 37.6 Å². The fraction of sp³-hybridized carbons (Fsp3) is 0.467. The summed E-state index contributed by atoms with van der Waals surface area (Å²) in [5, 5.41) is 10.4. The summed E-state index contributed by atoms with van der Waals surface area (Å²) in [7, 11) is 1.62. The van der Waals surface area contributed by atoms with Crippen molar-refractivity contribution in [3.05, 3.63) is 47.6 Å². The van der Waals surface area contributed by atoms with E-state index in [9.17, 15) is 4.79 Å². The molecule has 4 rings (SSSR count). The Hall–Kier alpha value is -3.23. The molecule has 0 saturated carbocycles. The molecule has 1 atom stereocenters. The number of anilines is 1. The van der Waals surface area contributed by atoms with Gasteiger partial charge in [-0.3, -0.25) is 4.98 Å². The number of carbonyl (C=O) groups is 1. The fourth-order valence-electron chi connectivity index (χ4n) is 4.48. The van der Waals surface area contributed by atoms with Gasteiger partial charge in [0, 0.05) is 36.3 Å². The molecule has 2 aromatic carbocycles. The third-order valence-electron chi connectivity index (χ3n) is 6.70. The molecule has 3 aromatic rings. The summed E-state index contributed by atoms with van der Waals surface area (Å²) in [6, 6.07) is 10.9. The molecule has 2 amide bonds. The summed E-state index contributed by atoms with van der Waals surface area (Å²) in [6.07, 6.45) is 7.21. The van der Waals surface area contributed by atoms with Crippen molar-refractivity contribution in [2.45, 2.75) is 58.9 Å². The molecule has 1 unspecified atom stereocenters. The minimum atomic E-state index is -0.296. The summed E-state index contributed by atoms with van der Waals surface area (Å²) in [5.41, 5.74) is 1.38. The second-order valence-electron chi connectivity index (χ2n) is 11.0. The van der Waals surface area contributed by atoms with E-state index in [1.165, 1.54) is 19.3 Å². The van der Waals surface area contributed by atoms with Crippen LogP contribution in [-0.2, 0) is 0 Å². The van der Waals surface area contributed by atoms with Crippen molar-refractivity contribution in [3.8, 4) is 23.0 Å². The predicted octanol–water partition coefficient (Wildman–Crippen LogP) is 7.16. The van der Waals surface area contributed by atoms with Gasteiger partial charge in [0.2, 0.25) is 0 Å². The van der Waals surface area contributed by atoms with Gasteiger partial charge in [0.15, 0.2) is 11.5 Å². The summed E-state index contributed by atoms with van der Waals surface area (Å²) >= 11 is 6.46. The number of methoxy groups -OCH3 is 1. The Balaban J connectivity index is 1.42. The van der Waals surface area contributed by atoms with Gasteiger partial charge in [-0.25, -0.2) is 4.79 Å². The molecule has 3 N–H and O–H groups in total. The molecule has 1 saturated heterocycles. The monoisotopic (exact) mass is 554 g/mol. The summed E-state index contributed by atoms with van der Waals surface area (Å²) < 4.78 is 17.9. The highest BCUT2D eigenvalue weighted by Crippen LogP contribution is 2.38. The lowest BCUT2D eigenvalue weighted by Gasteiger charge is -2.23. The number of benzene rings is 2. The lowest BCUT2D eigenvalue weighted by Crippen LogP contribution is -2.35. The van der Waals surface area contributed by atoms with Gasteiger partial charge < -0.3 is 30.2 Å². The zero-order valence-electron chi connectivity index (χ0n) is 23.2. The van der Waals surface area contributed by atoms with Crippen molar-refractivity contribution in [1.82, 2.24) is 15.6 Å². The van der Waals surface area contributed by atoms with E-state index in [2.05, 4.69) is 41.7 Å². The maximum Gasteiger partial charge on any atom is 0.319 e. The average Bonchev–Trinajstić information content (AvgIpc) is 2.90. The zero-order valence-corrected chi connectivity index (χ0v) is 24.0. The second kappa shape index (κ2) is 13.2. The van der Waals surface area contributed by atoms with Gasteiger partial charge in [-0.15, -0.1) is 0 Å². The Labute approximate surface area is 235 Å². The highest BCUT2D eigenvalue weighted by molar-refractivity contribution is 6.33. The van der Waals surface area contributed by atoms with Crippen molar-refractivity contribution >= 4 is 34.2 Å². The molecular formula is C30H39ClN4O4. The van der Waals surface area contributed by atoms with E-state index in [0.717, 1.165) is 30.3 Å². The lowest BCUT2D eigenvalue weighted by molar-refractivity contribution is 0.250. The number of rotatable bonds is 10. The molecule has 9 heteroatoms. The zero-order chi connectivity index (χ0) is 27.8. The van der Waals surface area contributed by atoms with Gasteiger partial charge in [-0.2, -0.15) is 0 Å². The van der Waals surface area contributed by atoms with E-state index >= 15 is 0 Å². The first-order valence-electron chi connectivity index (χ1n) is 13.6. The van der Waals surface area contributed by atoms with Gasteiger partial charge in [0.05, 0.1) is 29.9 Å². The molecule has 0 aliphatic carbocycles. The largest absolute Gasteiger partial charge is 0.493 e. The van der Waals surface area contributed by atoms with Gasteiger partial charge in [0.25, 0.3) is 0 Å². The van der Waals surface area contributed by atoms with Crippen LogP contribution in [0.3, 0.4) is 0 Å². The van der Waals surface area contributed by atoms with Gasteiger partial charge in [-0.05, 0) is 61.9 Å². The van der Waals surface area contributed by atoms with Crippen LogP contribution in [-0.4, -0.2) is 43.9 Å². The SMILES string of the molecule is COc1cc2c(Oc3ccc(NC(=O)NCCC(C)(C)C)c(Cl)c3)ccnc2cc1OCCC1CCCCN1. The van der Waals surface area contributed by atoms with E-state index in [-0.39, 0.29) is 11.4 Å². The van der Waals surface area contributed by atoms with Crippen LogP contribution in [0.5, 0.6) is 23.0 Å². The Bertz CT molecular complexity index is 1270. The number of aromatic nitrogens is 1. The number of nitrogens with zero attached hydrogens (tertiary/aromatic N) is 1. The van der Waals surface area contributed by atoms with E-state index < -0.39 is 0 Å². The second-order valence-corrected chi connectivity index (χ2v) is 11.5. The van der Waals surface area contributed by atoms with Crippen molar-refractivity contribution < 1.29 is 19.0 Å². The Morgan fingerprint density at radius 2 is 1.97 bits per heavy atom. The van der Waals surface area contributed by atoms with Crippen LogP contribution in [0.2, 0.25) is 5.02 Å². The molecule has 0 bridgehead atoms. The van der Waals surface area contributed by atoms with Gasteiger partial charge in [-0.1, -0.05) is 38.8 Å². The molecule has 39 heavy (non-hydrogen) atoms. The average molecular weight is 555 g/mol. The molecule has 1 aromatic heterocycles. The number of hydrogen-bond donors (Lipinski definition) is 3. The molecular weight excluding hydrogens is 516 g/mol. The minimum Gasteiger partial charge on any atom is -0.493 e. The Morgan fingerprint density at radius 3 is 2.69 bits per heavy atom. The van der Waals surface area contributed by atoms with Crippen LogP contribution >= 0.6 is 11.6 Å². The van der Waals surface area contributed by atoms with Crippen molar-refractivity contribution in [1.29, 1.82) is 0 Å². The third kappa shape index (κ3) is 8.38. The number of urea groups is 1. The number of hydrogen-bond acceptors (Lipinski definition) is 6. The topological polar surface area (TPSA) is 93.7 Å². The van der Waals surface area contributed by atoms with Crippen LogP contribution in [0, 0.1) is 5.41 Å². The number of amides is 2. The molecule has 8 nitrogen and oxygen atoms in total. The number of nitrogens with one attached hydrogen (secondary N) is 3. The van der Waals surface area contributed by atoms with Crippen LogP contribution < -0.4 is 30.2 Å². The normalized spacial score (nSPS) is 15.6.